The van der Waals surface area contributed by atoms with Gasteiger partial charge in [0.15, 0.2) is 0 Å². The van der Waals surface area contributed by atoms with E-state index in [1.165, 1.54) is 4.90 Å². The molecule has 1 aliphatic heterocycles. The number of likely N-dealkylation sites (tertiary alicyclic amines) is 1. The van der Waals surface area contributed by atoms with E-state index in [1.54, 1.807) is 0 Å². The third kappa shape index (κ3) is 1.25. The van der Waals surface area contributed by atoms with Crippen LogP contribution in [0.3, 0.4) is 0 Å². The van der Waals surface area contributed by atoms with Gasteiger partial charge in [0.05, 0.1) is 0 Å². The molecule has 0 aromatic carbocycles. The molecule has 1 heterocycles. The number of amides is 3. The minimum Gasteiger partial charge on any atom is -0.368 e. The monoisotopic (exact) mass is 169 g/mol. The SMILES string of the molecule is C=C1CCN(C(N)=O)C1C(N)=O. The van der Waals surface area contributed by atoms with Crippen molar-refractivity contribution in [3.63, 3.8) is 0 Å². The fraction of sp³-hybridized carbons (Fsp3) is 0.429. The fourth-order valence-corrected chi connectivity index (χ4v) is 1.34. The average molecular weight is 169 g/mol. The van der Waals surface area contributed by atoms with Gasteiger partial charge in [0.1, 0.15) is 6.04 Å². The quantitative estimate of drug-likeness (QED) is 0.502. The molecule has 66 valence electrons. The number of nitrogens with two attached hydrogens (primary N) is 2. The van der Waals surface area contributed by atoms with E-state index in [-0.39, 0.29) is 0 Å². The van der Waals surface area contributed by atoms with Crippen LogP contribution in [-0.4, -0.2) is 29.4 Å². The van der Waals surface area contributed by atoms with E-state index < -0.39 is 18.0 Å². The molecule has 0 radical (unpaired) electrons. The molecule has 12 heavy (non-hydrogen) atoms. The molecule has 5 nitrogen and oxygen atoms in total. The largest absolute Gasteiger partial charge is 0.368 e. The highest BCUT2D eigenvalue weighted by Crippen LogP contribution is 2.20. The van der Waals surface area contributed by atoms with Gasteiger partial charge in [0, 0.05) is 6.54 Å². The number of hydrogen-bond donors (Lipinski definition) is 2. The van der Waals surface area contributed by atoms with Crippen molar-refractivity contribution in [2.75, 3.05) is 6.54 Å². The Bertz CT molecular complexity index is 249. The van der Waals surface area contributed by atoms with Crippen LogP contribution in [0, 0.1) is 0 Å². The first-order chi connectivity index (χ1) is 5.54. The molecule has 3 amide bonds. The Labute approximate surface area is 70.0 Å². The molecule has 0 aliphatic carbocycles. The van der Waals surface area contributed by atoms with Crippen LogP contribution in [-0.2, 0) is 4.79 Å². The fourth-order valence-electron chi connectivity index (χ4n) is 1.34. The first-order valence-electron chi connectivity index (χ1n) is 3.57. The van der Waals surface area contributed by atoms with Gasteiger partial charge >= 0.3 is 6.03 Å². The lowest BCUT2D eigenvalue weighted by molar-refractivity contribution is -0.120. The molecular weight excluding hydrogens is 158 g/mol. The third-order valence-electron chi connectivity index (χ3n) is 1.92. The van der Waals surface area contributed by atoms with E-state index in [0.717, 1.165) is 0 Å². The second-order valence-corrected chi connectivity index (χ2v) is 2.74. The summed E-state index contributed by atoms with van der Waals surface area (Å²) >= 11 is 0. The topological polar surface area (TPSA) is 89.4 Å². The Balaban J connectivity index is 2.84. The standard InChI is InChI=1S/C7H11N3O2/c1-4-2-3-10(7(9)12)5(4)6(8)11/h5H,1-3H2,(H2,8,11)(H2,9,12). The Hall–Kier alpha value is -1.52. The number of hydrogen-bond acceptors (Lipinski definition) is 2. The molecule has 1 fully saturated rings. The molecule has 4 N–H and O–H groups in total. The molecule has 0 saturated carbocycles. The molecule has 0 spiro atoms. The second-order valence-electron chi connectivity index (χ2n) is 2.74. The Morgan fingerprint density at radius 1 is 1.50 bits per heavy atom. The molecule has 5 heteroatoms. The number of rotatable bonds is 1. The maximum absolute atomic E-state index is 10.8. The average Bonchev–Trinajstić information content (AvgIpc) is 2.30. The summed E-state index contributed by atoms with van der Waals surface area (Å²) in [5.41, 5.74) is 10.7. The van der Waals surface area contributed by atoms with Gasteiger partial charge in [0.25, 0.3) is 0 Å². The highest BCUT2D eigenvalue weighted by molar-refractivity contribution is 5.89. The van der Waals surface area contributed by atoms with E-state index in [9.17, 15) is 9.59 Å². The predicted octanol–water partition coefficient (Wildman–Crippen LogP) is -0.819. The summed E-state index contributed by atoms with van der Waals surface area (Å²) in [6.07, 6.45) is 0.594. The number of urea groups is 1. The van der Waals surface area contributed by atoms with Gasteiger partial charge in [-0.3, -0.25) is 4.79 Å². The minimum absolute atomic E-state index is 0.432. The van der Waals surface area contributed by atoms with Crippen LogP contribution in [0.1, 0.15) is 6.42 Å². The van der Waals surface area contributed by atoms with E-state index in [4.69, 9.17) is 11.5 Å². The van der Waals surface area contributed by atoms with Gasteiger partial charge in [-0.15, -0.1) is 0 Å². The summed E-state index contributed by atoms with van der Waals surface area (Å²) in [6.45, 7) is 4.07. The minimum atomic E-state index is -0.706. The van der Waals surface area contributed by atoms with E-state index in [1.807, 2.05) is 0 Å². The summed E-state index contributed by atoms with van der Waals surface area (Å²) in [5.74, 6) is -0.573. The maximum atomic E-state index is 10.8. The van der Waals surface area contributed by atoms with Crippen LogP contribution in [0.4, 0.5) is 4.79 Å². The summed E-state index contributed by atoms with van der Waals surface area (Å²) in [6, 6.07) is -1.33. The lowest BCUT2D eigenvalue weighted by Gasteiger charge is -2.19. The van der Waals surface area contributed by atoms with E-state index in [0.29, 0.717) is 18.5 Å². The van der Waals surface area contributed by atoms with Crippen molar-refractivity contribution in [3.8, 4) is 0 Å². The molecule has 1 aliphatic rings. The van der Waals surface area contributed by atoms with Crippen LogP contribution < -0.4 is 11.5 Å². The van der Waals surface area contributed by atoms with Crippen molar-refractivity contribution >= 4 is 11.9 Å². The summed E-state index contributed by atoms with van der Waals surface area (Å²) < 4.78 is 0. The van der Waals surface area contributed by atoms with Crippen LogP contribution >= 0.6 is 0 Å². The smallest absolute Gasteiger partial charge is 0.315 e. The van der Waals surface area contributed by atoms with Crippen LogP contribution in [0.25, 0.3) is 0 Å². The number of primary amides is 2. The van der Waals surface area contributed by atoms with Crippen molar-refractivity contribution in [2.24, 2.45) is 11.5 Å². The third-order valence-corrected chi connectivity index (χ3v) is 1.92. The Morgan fingerprint density at radius 3 is 2.42 bits per heavy atom. The molecule has 1 saturated heterocycles. The first-order valence-corrected chi connectivity index (χ1v) is 3.57. The van der Waals surface area contributed by atoms with E-state index >= 15 is 0 Å². The van der Waals surface area contributed by atoms with Gasteiger partial charge < -0.3 is 16.4 Å². The van der Waals surface area contributed by atoms with Crippen LogP contribution in [0.5, 0.6) is 0 Å². The van der Waals surface area contributed by atoms with Crippen molar-refractivity contribution in [1.82, 2.24) is 4.90 Å². The van der Waals surface area contributed by atoms with Crippen LogP contribution in [0.2, 0.25) is 0 Å². The lowest BCUT2D eigenvalue weighted by atomic mass is 10.1. The molecule has 0 aromatic heterocycles. The van der Waals surface area contributed by atoms with Crippen molar-refractivity contribution in [2.45, 2.75) is 12.5 Å². The highest BCUT2D eigenvalue weighted by Gasteiger charge is 2.34. The number of nitrogens with zero attached hydrogens (tertiary/aromatic N) is 1. The normalized spacial score (nSPS) is 22.8. The van der Waals surface area contributed by atoms with Gasteiger partial charge in [-0.25, -0.2) is 4.79 Å². The molecule has 0 aromatic rings. The second kappa shape index (κ2) is 2.84. The Kier molecular flexibility index (Phi) is 2.03. The van der Waals surface area contributed by atoms with E-state index in [2.05, 4.69) is 6.58 Å². The lowest BCUT2D eigenvalue weighted by Crippen LogP contribution is -2.46. The predicted molar refractivity (Wildman–Crippen MR) is 43.0 cm³/mol. The van der Waals surface area contributed by atoms with Gasteiger partial charge in [-0.1, -0.05) is 6.58 Å². The molecule has 1 rings (SSSR count). The molecule has 1 unspecified atom stereocenters. The zero-order valence-corrected chi connectivity index (χ0v) is 6.62. The van der Waals surface area contributed by atoms with Gasteiger partial charge in [-0.05, 0) is 12.0 Å². The summed E-state index contributed by atoms with van der Waals surface area (Å²) in [5, 5.41) is 0. The first kappa shape index (κ1) is 8.58. The van der Waals surface area contributed by atoms with Crippen LogP contribution in [0.15, 0.2) is 12.2 Å². The summed E-state index contributed by atoms with van der Waals surface area (Å²) in [7, 11) is 0. The maximum Gasteiger partial charge on any atom is 0.315 e. The molecular formula is C7H11N3O2. The number of carbonyl (C=O) groups excluding carboxylic acids is 2. The molecule has 0 bridgehead atoms. The molecule has 1 atom stereocenters. The number of carbonyl (C=O) groups is 2. The summed E-state index contributed by atoms with van der Waals surface area (Å²) in [4.78, 5) is 22.8. The zero-order chi connectivity index (χ0) is 9.30. The van der Waals surface area contributed by atoms with Gasteiger partial charge in [0.2, 0.25) is 5.91 Å². The van der Waals surface area contributed by atoms with Crippen molar-refractivity contribution < 1.29 is 9.59 Å². The van der Waals surface area contributed by atoms with Crippen molar-refractivity contribution in [1.29, 1.82) is 0 Å². The van der Waals surface area contributed by atoms with Crippen molar-refractivity contribution in [3.05, 3.63) is 12.2 Å². The Morgan fingerprint density at radius 2 is 2.08 bits per heavy atom. The van der Waals surface area contributed by atoms with Gasteiger partial charge in [-0.2, -0.15) is 0 Å². The highest BCUT2D eigenvalue weighted by atomic mass is 16.2. The zero-order valence-electron chi connectivity index (χ0n) is 6.62.